The molecule has 2 rings (SSSR count). The van der Waals surface area contributed by atoms with Gasteiger partial charge in [-0.05, 0) is 43.3 Å². The summed E-state index contributed by atoms with van der Waals surface area (Å²) in [5, 5.41) is 2.84. The molecule has 0 radical (unpaired) electrons. The van der Waals surface area contributed by atoms with E-state index in [1.807, 2.05) is 26.1 Å². The number of likely N-dealkylation sites (N-methyl/N-ethyl adjacent to an activating group) is 1. The Morgan fingerprint density at radius 3 is 2.33 bits per heavy atom. The van der Waals surface area contributed by atoms with Gasteiger partial charge in [0.2, 0.25) is 0 Å². The Kier molecular flexibility index (Phi) is 5.76. The van der Waals surface area contributed by atoms with Crippen molar-refractivity contribution in [3.05, 3.63) is 53.5 Å². The van der Waals surface area contributed by atoms with Crippen molar-refractivity contribution in [3.8, 4) is 0 Å². The standard InChI is InChI=1S/C18H23N3O3/c1-13-5-10-16(24-13)11-21(4)12-17(22)19-15-8-6-14(7-9-15)18(23)20(2)3/h5-10H,11-12H2,1-4H3,(H,19,22)/p+1. The van der Waals surface area contributed by atoms with E-state index in [4.69, 9.17) is 4.42 Å². The average Bonchev–Trinajstić information content (AvgIpc) is 2.91. The zero-order valence-corrected chi connectivity index (χ0v) is 14.6. The van der Waals surface area contributed by atoms with E-state index in [1.165, 1.54) is 4.90 Å². The maximum Gasteiger partial charge on any atom is 0.279 e. The van der Waals surface area contributed by atoms with Gasteiger partial charge in [0.05, 0.1) is 7.05 Å². The Morgan fingerprint density at radius 2 is 1.79 bits per heavy atom. The summed E-state index contributed by atoms with van der Waals surface area (Å²) in [5.41, 5.74) is 1.27. The van der Waals surface area contributed by atoms with Crippen LogP contribution in [-0.4, -0.2) is 44.4 Å². The molecule has 1 aromatic carbocycles. The second-order valence-electron chi connectivity index (χ2n) is 6.15. The molecule has 6 heteroatoms. The SMILES string of the molecule is Cc1ccc(C[NH+](C)CC(=O)Nc2ccc(C(=O)N(C)C)cc2)o1. The van der Waals surface area contributed by atoms with Crippen molar-refractivity contribution in [2.75, 3.05) is 33.0 Å². The minimum atomic E-state index is -0.0811. The summed E-state index contributed by atoms with van der Waals surface area (Å²) >= 11 is 0. The minimum Gasteiger partial charge on any atom is -0.460 e. The van der Waals surface area contributed by atoms with Crippen LogP contribution in [-0.2, 0) is 11.3 Å². The Hall–Kier alpha value is -2.60. The molecule has 2 aromatic rings. The van der Waals surface area contributed by atoms with E-state index in [1.54, 1.807) is 38.4 Å². The predicted octanol–water partition coefficient (Wildman–Crippen LogP) is 0.943. The molecule has 0 spiro atoms. The second-order valence-corrected chi connectivity index (χ2v) is 6.15. The molecule has 0 aliphatic heterocycles. The van der Waals surface area contributed by atoms with Gasteiger partial charge >= 0.3 is 0 Å². The zero-order chi connectivity index (χ0) is 17.7. The van der Waals surface area contributed by atoms with Crippen molar-refractivity contribution in [1.29, 1.82) is 0 Å². The van der Waals surface area contributed by atoms with Crippen molar-refractivity contribution >= 4 is 17.5 Å². The smallest absolute Gasteiger partial charge is 0.279 e. The lowest BCUT2D eigenvalue weighted by Crippen LogP contribution is -3.08. The number of nitrogens with zero attached hydrogens (tertiary/aromatic N) is 1. The first-order valence-corrected chi connectivity index (χ1v) is 7.83. The lowest BCUT2D eigenvalue weighted by atomic mass is 10.2. The van der Waals surface area contributed by atoms with E-state index < -0.39 is 0 Å². The number of hydrogen-bond donors (Lipinski definition) is 2. The highest BCUT2D eigenvalue weighted by Crippen LogP contribution is 2.10. The van der Waals surface area contributed by atoms with Crippen molar-refractivity contribution in [2.24, 2.45) is 0 Å². The van der Waals surface area contributed by atoms with Crippen LogP contribution in [0.3, 0.4) is 0 Å². The highest BCUT2D eigenvalue weighted by atomic mass is 16.3. The van der Waals surface area contributed by atoms with Crippen LogP contribution in [0.25, 0.3) is 0 Å². The number of hydrogen-bond acceptors (Lipinski definition) is 3. The number of anilines is 1. The summed E-state index contributed by atoms with van der Waals surface area (Å²) in [6.45, 7) is 2.88. The summed E-state index contributed by atoms with van der Waals surface area (Å²) in [4.78, 5) is 26.5. The van der Waals surface area contributed by atoms with Gasteiger partial charge in [0.1, 0.15) is 12.3 Å². The first kappa shape index (κ1) is 17.7. The lowest BCUT2D eigenvalue weighted by molar-refractivity contribution is -0.886. The van der Waals surface area contributed by atoms with Crippen LogP contribution >= 0.6 is 0 Å². The third kappa shape index (κ3) is 4.96. The Labute approximate surface area is 142 Å². The molecule has 2 N–H and O–H groups in total. The molecule has 0 bridgehead atoms. The fourth-order valence-electron chi connectivity index (χ4n) is 2.37. The molecule has 0 aliphatic rings. The van der Waals surface area contributed by atoms with Crippen molar-refractivity contribution < 1.29 is 18.9 Å². The van der Waals surface area contributed by atoms with Crippen LogP contribution in [0.5, 0.6) is 0 Å². The average molecular weight is 330 g/mol. The van der Waals surface area contributed by atoms with Gasteiger partial charge in [0.25, 0.3) is 11.8 Å². The maximum absolute atomic E-state index is 12.1. The number of rotatable bonds is 6. The topological polar surface area (TPSA) is 67.0 Å². The number of benzene rings is 1. The van der Waals surface area contributed by atoms with Crippen molar-refractivity contribution in [2.45, 2.75) is 13.5 Å². The summed E-state index contributed by atoms with van der Waals surface area (Å²) < 4.78 is 5.52. The first-order valence-electron chi connectivity index (χ1n) is 7.83. The molecule has 1 aromatic heterocycles. The van der Waals surface area contributed by atoms with Gasteiger partial charge in [-0.3, -0.25) is 9.59 Å². The fraction of sp³-hybridized carbons (Fsp3) is 0.333. The van der Waals surface area contributed by atoms with Crippen LogP contribution in [0.15, 0.2) is 40.8 Å². The lowest BCUT2D eigenvalue weighted by Gasteiger charge is -2.13. The highest BCUT2D eigenvalue weighted by molar-refractivity contribution is 5.95. The Balaban J connectivity index is 1.86. The number of aryl methyl sites for hydroxylation is 1. The van der Waals surface area contributed by atoms with Gasteiger partial charge < -0.3 is 19.5 Å². The van der Waals surface area contributed by atoms with Gasteiger partial charge in [-0.1, -0.05) is 0 Å². The van der Waals surface area contributed by atoms with Gasteiger partial charge in [0.15, 0.2) is 12.3 Å². The third-order valence-electron chi connectivity index (χ3n) is 3.56. The molecule has 0 fully saturated rings. The fourth-order valence-corrected chi connectivity index (χ4v) is 2.37. The molecule has 1 heterocycles. The van der Waals surface area contributed by atoms with Crippen LogP contribution in [0.2, 0.25) is 0 Å². The van der Waals surface area contributed by atoms with Crippen LogP contribution in [0, 0.1) is 6.92 Å². The minimum absolute atomic E-state index is 0.0641. The van der Waals surface area contributed by atoms with E-state index >= 15 is 0 Å². The molecule has 0 saturated heterocycles. The third-order valence-corrected chi connectivity index (χ3v) is 3.56. The first-order chi connectivity index (χ1) is 11.3. The second kappa shape index (κ2) is 7.79. The number of quaternary nitrogens is 1. The number of carbonyl (C=O) groups is 2. The molecular formula is C18H24N3O3+. The highest BCUT2D eigenvalue weighted by Gasteiger charge is 2.13. The largest absolute Gasteiger partial charge is 0.460 e. The van der Waals surface area contributed by atoms with E-state index in [0.29, 0.717) is 24.3 Å². The number of amides is 2. The number of furan rings is 1. The molecule has 1 atom stereocenters. The molecule has 1 unspecified atom stereocenters. The summed E-state index contributed by atoms with van der Waals surface area (Å²) in [5.74, 6) is 1.59. The molecule has 24 heavy (non-hydrogen) atoms. The van der Waals surface area contributed by atoms with Gasteiger partial charge in [0, 0.05) is 25.3 Å². The molecule has 2 amide bonds. The Bertz CT molecular complexity index is 705. The van der Waals surface area contributed by atoms with Gasteiger partial charge in [-0.2, -0.15) is 0 Å². The summed E-state index contributed by atoms with van der Waals surface area (Å²) in [6.07, 6.45) is 0. The van der Waals surface area contributed by atoms with E-state index in [0.717, 1.165) is 16.4 Å². The zero-order valence-electron chi connectivity index (χ0n) is 14.6. The van der Waals surface area contributed by atoms with Gasteiger partial charge in [-0.25, -0.2) is 0 Å². The van der Waals surface area contributed by atoms with Crippen molar-refractivity contribution in [1.82, 2.24) is 4.90 Å². The number of carbonyl (C=O) groups excluding carboxylic acids is 2. The monoisotopic (exact) mass is 330 g/mol. The quantitative estimate of drug-likeness (QED) is 0.828. The molecule has 0 aliphatic carbocycles. The van der Waals surface area contributed by atoms with E-state index in [-0.39, 0.29) is 11.8 Å². The maximum atomic E-state index is 12.1. The van der Waals surface area contributed by atoms with Crippen molar-refractivity contribution in [3.63, 3.8) is 0 Å². The molecular weight excluding hydrogens is 306 g/mol. The molecule has 0 saturated carbocycles. The van der Waals surface area contributed by atoms with E-state index in [2.05, 4.69) is 5.32 Å². The van der Waals surface area contributed by atoms with Crippen LogP contribution < -0.4 is 10.2 Å². The van der Waals surface area contributed by atoms with Crippen LogP contribution in [0.4, 0.5) is 5.69 Å². The molecule has 128 valence electrons. The molecule has 6 nitrogen and oxygen atoms in total. The van der Waals surface area contributed by atoms with Crippen LogP contribution in [0.1, 0.15) is 21.9 Å². The summed E-state index contributed by atoms with van der Waals surface area (Å²) in [7, 11) is 5.35. The number of nitrogens with one attached hydrogen (secondary N) is 2. The summed E-state index contributed by atoms with van der Waals surface area (Å²) in [6, 6.07) is 10.7. The van der Waals surface area contributed by atoms with E-state index in [9.17, 15) is 9.59 Å². The normalized spacial score (nSPS) is 11.8. The predicted molar refractivity (Wildman–Crippen MR) is 92.0 cm³/mol. The van der Waals surface area contributed by atoms with Gasteiger partial charge in [-0.15, -0.1) is 0 Å². The Morgan fingerprint density at radius 1 is 1.12 bits per heavy atom.